The Bertz CT molecular complexity index is 438. The lowest BCUT2D eigenvalue weighted by molar-refractivity contribution is -0.124. The first-order valence-electron chi connectivity index (χ1n) is 6.58. The topological polar surface area (TPSA) is 38.3 Å². The summed E-state index contributed by atoms with van der Waals surface area (Å²) in [4.78, 5) is 12.4. The van der Waals surface area contributed by atoms with Crippen LogP contribution in [0.3, 0.4) is 0 Å². The van der Waals surface area contributed by atoms with E-state index < -0.39 is 0 Å². The highest BCUT2D eigenvalue weighted by atomic mass is 16.5. The molecule has 1 aliphatic carbocycles. The lowest BCUT2D eigenvalue weighted by atomic mass is 9.93. The number of carbonyl (C=O) groups excluding carboxylic acids is 1. The zero-order valence-electron chi connectivity index (χ0n) is 11.3. The Kier molecular flexibility index (Phi) is 3.60. The van der Waals surface area contributed by atoms with Crippen LogP contribution in [-0.4, -0.2) is 19.1 Å². The number of hydrogen-bond acceptors (Lipinski definition) is 2. The van der Waals surface area contributed by atoms with E-state index in [1.165, 1.54) is 0 Å². The zero-order valence-corrected chi connectivity index (χ0v) is 11.3. The molecule has 1 aromatic rings. The second-order valence-electron chi connectivity index (χ2n) is 5.07. The predicted octanol–water partition coefficient (Wildman–Crippen LogP) is 2.64. The fourth-order valence-electron chi connectivity index (χ4n) is 2.25. The Morgan fingerprint density at radius 3 is 2.67 bits per heavy atom. The number of rotatable bonds is 5. The summed E-state index contributed by atoms with van der Waals surface area (Å²) in [6, 6.07) is 8.05. The molecular weight excluding hydrogens is 226 g/mol. The third-order valence-corrected chi connectivity index (χ3v) is 3.80. The second-order valence-corrected chi connectivity index (χ2v) is 5.07. The summed E-state index contributed by atoms with van der Waals surface area (Å²) in [6.07, 6.45) is 2.78. The van der Waals surface area contributed by atoms with E-state index in [4.69, 9.17) is 4.74 Å². The van der Waals surface area contributed by atoms with Gasteiger partial charge in [-0.1, -0.05) is 25.1 Å². The molecule has 0 bridgehead atoms. The van der Waals surface area contributed by atoms with Crippen LogP contribution in [0.4, 0.5) is 0 Å². The summed E-state index contributed by atoms with van der Waals surface area (Å²) in [5.41, 5.74) is 0.670. The molecule has 0 saturated heterocycles. The highest BCUT2D eigenvalue weighted by molar-refractivity contribution is 5.92. The van der Waals surface area contributed by atoms with Crippen LogP contribution in [-0.2, 0) is 10.2 Å². The molecule has 3 nitrogen and oxygen atoms in total. The van der Waals surface area contributed by atoms with Gasteiger partial charge in [0.1, 0.15) is 5.75 Å². The summed E-state index contributed by atoms with van der Waals surface area (Å²) in [5.74, 6) is 0.954. The van der Waals surface area contributed by atoms with Crippen molar-refractivity contribution in [1.82, 2.24) is 5.32 Å². The standard InChI is InChI=1S/C15H21NO2/c1-4-11(2)16-14(17)15(9-10-15)12-7-5-6-8-13(12)18-3/h5-8,11H,4,9-10H2,1-3H3,(H,16,17). The molecule has 1 N–H and O–H groups in total. The minimum absolute atomic E-state index is 0.140. The molecule has 18 heavy (non-hydrogen) atoms. The first kappa shape index (κ1) is 12.9. The van der Waals surface area contributed by atoms with Gasteiger partial charge in [0, 0.05) is 11.6 Å². The van der Waals surface area contributed by atoms with E-state index in [1.807, 2.05) is 31.2 Å². The van der Waals surface area contributed by atoms with E-state index in [9.17, 15) is 4.79 Å². The first-order chi connectivity index (χ1) is 8.64. The van der Waals surface area contributed by atoms with Crippen LogP contribution in [0.1, 0.15) is 38.7 Å². The Morgan fingerprint density at radius 2 is 2.11 bits per heavy atom. The molecule has 0 aliphatic heterocycles. The molecule has 0 aromatic heterocycles. The normalized spacial score (nSPS) is 17.9. The van der Waals surface area contributed by atoms with Gasteiger partial charge in [-0.3, -0.25) is 4.79 Å². The van der Waals surface area contributed by atoms with Gasteiger partial charge >= 0.3 is 0 Å². The Hall–Kier alpha value is -1.51. The van der Waals surface area contributed by atoms with E-state index in [0.717, 1.165) is 30.6 Å². The Balaban J connectivity index is 2.23. The number of carbonyl (C=O) groups is 1. The third-order valence-electron chi connectivity index (χ3n) is 3.80. The molecule has 98 valence electrons. The molecule has 1 fully saturated rings. The first-order valence-corrected chi connectivity index (χ1v) is 6.58. The van der Waals surface area contributed by atoms with Crippen molar-refractivity contribution in [3.8, 4) is 5.75 Å². The van der Waals surface area contributed by atoms with Crippen LogP contribution in [0.15, 0.2) is 24.3 Å². The number of para-hydroxylation sites is 1. The van der Waals surface area contributed by atoms with Crippen molar-refractivity contribution in [3.05, 3.63) is 29.8 Å². The number of methoxy groups -OCH3 is 1. The minimum atomic E-state index is -0.351. The SMILES string of the molecule is CCC(C)NC(=O)C1(c2ccccc2OC)CC1. The average Bonchev–Trinajstić information content (AvgIpc) is 3.20. The molecular formula is C15H21NO2. The molecule has 1 aliphatic rings. The van der Waals surface area contributed by atoms with Crippen LogP contribution in [0.25, 0.3) is 0 Å². The molecule has 1 unspecified atom stereocenters. The maximum absolute atomic E-state index is 12.4. The molecule has 2 rings (SSSR count). The molecule has 0 heterocycles. The average molecular weight is 247 g/mol. The van der Waals surface area contributed by atoms with Gasteiger partial charge < -0.3 is 10.1 Å². The Morgan fingerprint density at radius 1 is 1.44 bits per heavy atom. The number of hydrogen-bond donors (Lipinski definition) is 1. The van der Waals surface area contributed by atoms with Crippen molar-refractivity contribution in [2.75, 3.05) is 7.11 Å². The summed E-state index contributed by atoms with van der Waals surface area (Å²) in [5, 5.41) is 3.09. The van der Waals surface area contributed by atoms with Gasteiger partial charge in [-0.05, 0) is 32.3 Å². The van der Waals surface area contributed by atoms with Gasteiger partial charge in [-0.15, -0.1) is 0 Å². The van der Waals surface area contributed by atoms with Gasteiger partial charge in [0.15, 0.2) is 0 Å². The third kappa shape index (κ3) is 2.22. The van der Waals surface area contributed by atoms with E-state index in [1.54, 1.807) is 7.11 Å². The molecule has 0 spiro atoms. The van der Waals surface area contributed by atoms with E-state index in [2.05, 4.69) is 12.2 Å². The summed E-state index contributed by atoms with van der Waals surface area (Å²) < 4.78 is 5.37. The Labute approximate surface area is 109 Å². The van der Waals surface area contributed by atoms with Crippen LogP contribution in [0.5, 0.6) is 5.75 Å². The van der Waals surface area contributed by atoms with Crippen LogP contribution in [0, 0.1) is 0 Å². The quantitative estimate of drug-likeness (QED) is 0.868. The van der Waals surface area contributed by atoms with Crippen molar-refractivity contribution in [3.63, 3.8) is 0 Å². The lowest BCUT2D eigenvalue weighted by Gasteiger charge is -2.21. The largest absolute Gasteiger partial charge is 0.496 e. The van der Waals surface area contributed by atoms with Crippen LogP contribution >= 0.6 is 0 Å². The number of amides is 1. The van der Waals surface area contributed by atoms with Gasteiger partial charge in [0.05, 0.1) is 12.5 Å². The maximum Gasteiger partial charge on any atom is 0.231 e. The molecule has 1 saturated carbocycles. The number of benzene rings is 1. The second kappa shape index (κ2) is 5.01. The van der Waals surface area contributed by atoms with Gasteiger partial charge in [-0.2, -0.15) is 0 Å². The summed E-state index contributed by atoms with van der Waals surface area (Å²) in [6.45, 7) is 4.11. The van der Waals surface area contributed by atoms with Crippen molar-refractivity contribution in [1.29, 1.82) is 0 Å². The van der Waals surface area contributed by atoms with E-state index in [-0.39, 0.29) is 17.4 Å². The fraction of sp³-hybridized carbons (Fsp3) is 0.533. The highest BCUT2D eigenvalue weighted by Gasteiger charge is 2.52. The molecule has 3 heteroatoms. The van der Waals surface area contributed by atoms with E-state index >= 15 is 0 Å². The molecule has 0 radical (unpaired) electrons. The zero-order chi connectivity index (χ0) is 13.2. The molecule has 1 aromatic carbocycles. The smallest absolute Gasteiger partial charge is 0.231 e. The van der Waals surface area contributed by atoms with Crippen molar-refractivity contribution in [2.24, 2.45) is 0 Å². The maximum atomic E-state index is 12.4. The van der Waals surface area contributed by atoms with Gasteiger partial charge in [0.2, 0.25) is 5.91 Å². The van der Waals surface area contributed by atoms with Gasteiger partial charge in [-0.25, -0.2) is 0 Å². The number of nitrogens with one attached hydrogen (secondary N) is 1. The fourth-order valence-corrected chi connectivity index (χ4v) is 2.25. The predicted molar refractivity (Wildman–Crippen MR) is 71.8 cm³/mol. The van der Waals surface area contributed by atoms with Crippen LogP contribution < -0.4 is 10.1 Å². The van der Waals surface area contributed by atoms with Crippen molar-refractivity contribution in [2.45, 2.75) is 44.6 Å². The molecule has 1 amide bonds. The lowest BCUT2D eigenvalue weighted by Crippen LogP contribution is -2.40. The number of ether oxygens (including phenoxy) is 1. The minimum Gasteiger partial charge on any atom is -0.496 e. The summed E-state index contributed by atoms with van der Waals surface area (Å²) in [7, 11) is 1.65. The van der Waals surface area contributed by atoms with Crippen LogP contribution in [0.2, 0.25) is 0 Å². The van der Waals surface area contributed by atoms with Crippen molar-refractivity contribution < 1.29 is 9.53 Å². The highest BCUT2D eigenvalue weighted by Crippen LogP contribution is 2.51. The van der Waals surface area contributed by atoms with E-state index in [0.29, 0.717) is 0 Å². The molecule has 1 atom stereocenters. The monoisotopic (exact) mass is 247 g/mol. The van der Waals surface area contributed by atoms with Gasteiger partial charge in [0.25, 0.3) is 0 Å². The van der Waals surface area contributed by atoms with Crippen molar-refractivity contribution >= 4 is 5.91 Å². The summed E-state index contributed by atoms with van der Waals surface area (Å²) >= 11 is 0.